The Balaban J connectivity index is 1.12. The highest BCUT2D eigenvalue weighted by Crippen LogP contribution is 2.48. The Hall–Kier alpha value is -5.20. The first-order chi connectivity index (χ1) is 19.8. The Morgan fingerprint density at radius 1 is 0.225 bits per heavy atom. The highest BCUT2D eigenvalue weighted by Gasteiger charge is 2.21. The summed E-state index contributed by atoms with van der Waals surface area (Å²) in [5, 5.41) is 2.67. The molecule has 0 amide bonds. The third kappa shape index (κ3) is 3.77. The maximum atomic E-state index is 2.37. The van der Waals surface area contributed by atoms with E-state index in [2.05, 4.69) is 158 Å². The van der Waals surface area contributed by atoms with Gasteiger partial charge in [0.15, 0.2) is 0 Å². The van der Waals surface area contributed by atoms with Crippen LogP contribution in [-0.4, -0.2) is 0 Å². The molecule has 7 aromatic rings. The van der Waals surface area contributed by atoms with Gasteiger partial charge in [-0.05, 0) is 95.7 Å². The van der Waals surface area contributed by atoms with Crippen molar-refractivity contribution in [2.45, 2.75) is 0 Å². The molecule has 0 unspecified atom stereocenters. The summed E-state index contributed by atoms with van der Waals surface area (Å²) >= 11 is 0. The molecule has 0 bridgehead atoms. The fourth-order valence-electron chi connectivity index (χ4n) is 6.20. The second kappa shape index (κ2) is 9.22. The summed E-state index contributed by atoms with van der Waals surface area (Å²) < 4.78 is 0. The lowest BCUT2D eigenvalue weighted by atomic mass is 9.93. The average Bonchev–Trinajstić information content (AvgIpc) is 3.36. The van der Waals surface area contributed by atoms with Crippen molar-refractivity contribution < 1.29 is 0 Å². The van der Waals surface area contributed by atoms with E-state index in [0.717, 1.165) is 0 Å². The second-order valence-corrected chi connectivity index (χ2v) is 10.6. The largest absolute Gasteiger partial charge is 0.0622 e. The predicted octanol–water partition coefficient (Wildman–Crippen LogP) is 11.2. The lowest BCUT2D eigenvalue weighted by molar-refractivity contribution is 1.57. The van der Waals surface area contributed by atoms with Crippen molar-refractivity contribution in [3.63, 3.8) is 0 Å². The molecular weight excluding hydrogens is 480 g/mol. The van der Waals surface area contributed by atoms with Crippen LogP contribution in [0.15, 0.2) is 158 Å². The number of hydrogen-bond donors (Lipinski definition) is 0. The summed E-state index contributed by atoms with van der Waals surface area (Å²) in [6.45, 7) is 0. The minimum Gasteiger partial charge on any atom is -0.0622 e. The highest BCUT2D eigenvalue weighted by atomic mass is 14.2. The molecule has 0 saturated carbocycles. The fourth-order valence-corrected chi connectivity index (χ4v) is 6.20. The molecule has 0 N–H and O–H groups in total. The Kier molecular flexibility index (Phi) is 5.24. The molecule has 0 heteroatoms. The average molecular weight is 507 g/mol. The van der Waals surface area contributed by atoms with Crippen molar-refractivity contribution in [2.75, 3.05) is 0 Å². The summed E-state index contributed by atoms with van der Waals surface area (Å²) in [4.78, 5) is 0. The van der Waals surface area contributed by atoms with E-state index in [9.17, 15) is 0 Å². The van der Waals surface area contributed by atoms with Crippen LogP contribution < -0.4 is 0 Å². The Morgan fingerprint density at radius 2 is 0.675 bits per heavy atom. The highest BCUT2D eigenvalue weighted by molar-refractivity contribution is 6.16. The number of benzene rings is 7. The van der Waals surface area contributed by atoms with E-state index < -0.39 is 0 Å². The summed E-state index contributed by atoms with van der Waals surface area (Å²) in [5.41, 5.74) is 15.3. The van der Waals surface area contributed by atoms with Crippen molar-refractivity contribution in [1.82, 2.24) is 0 Å². The van der Waals surface area contributed by atoms with Gasteiger partial charge in [0.1, 0.15) is 0 Å². The number of rotatable bonds is 4. The molecular formula is C40H26. The van der Waals surface area contributed by atoms with Crippen molar-refractivity contribution >= 4 is 10.8 Å². The molecule has 7 aromatic carbocycles. The van der Waals surface area contributed by atoms with E-state index in [1.54, 1.807) is 0 Å². The maximum Gasteiger partial charge on any atom is -0.00259 e. The zero-order chi connectivity index (χ0) is 26.5. The first-order valence-electron chi connectivity index (χ1n) is 13.9. The van der Waals surface area contributed by atoms with Crippen LogP contribution in [0.25, 0.3) is 77.5 Å². The Morgan fingerprint density at radius 3 is 1.32 bits per heavy atom. The third-order valence-electron chi connectivity index (χ3n) is 8.22. The minimum absolute atomic E-state index is 1.23. The van der Waals surface area contributed by atoms with Crippen molar-refractivity contribution in [1.29, 1.82) is 0 Å². The minimum atomic E-state index is 1.23. The standard InChI is InChI=1S/C40H26/c1-2-8-27(9-3-1)28-16-18-29(19-17-28)30-20-22-31(23-21-30)32-10-6-11-33(24-32)35-25-34-12-7-15-38-36-13-4-5-14-37(36)39(26-35)40(34)38/h1-26H. The van der Waals surface area contributed by atoms with Crippen LogP contribution in [-0.2, 0) is 0 Å². The van der Waals surface area contributed by atoms with Gasteiger partial charge in [-0.15, -0.1) is 0 Å². The lowest BCUT2D eigenvalue weighted by Crippen LogP contribution is -1.85. The molecule has 1 aliphatic rings. The van der Waals surface area contributed by atoms with Crippen LogP contribution in [0.5, 0.6) is 0 Å². The summed E-state index contributed by atoms with van der Waals surface area (Å²) in [7, 11) is 0. The number of hydrogen-bond acceptors (Lipinski definition) is 0. The summed E-state index contributed by atoms with van der Waals surface area (Å²) in [5.74, 6) is 0. The molecule has 0 aromatic heterocycles. The molecule has 0 spiro atoms. The van der Waals surface area contributed by atoms with Crippen LogP contribution in [0.3, 0.4) is 0 Å². The van der Waals surface area contributed by atoms with Gasteiger partial charge in [-0.3, -0.25) is 0 Å². The molecule has 0 aliphatic heterocycles. The molecule has 40 heavy (non-hydrogen) atoms. The molecule has 1 aliphatic carbocycles. The first-order valence-corrected chi connectivity index (χ1v) is 13.9. The molecule has 0 nitrogen and oxygen atoms in total. The van der Waals surface area contributed by atoms with Crippen LogP contribution in [0.1, 0.15) is 0 Å². The van der Waals surface area contributed by atoms with E-state index in [1.807, 2.05) is 0 Å². The van der Waals surface area contributed by atoms with Crippen molar-refractivity contribution in [2.24, 2.45) is 0 Å². The van der Waals surface area contributed by atoms with Crippen LogP contribution in [0.2, 0.25) is 0 Å². The van der Waals surface area contributed by atoms with Crippen LogP contribution in [0.4, 0.5) is 0 Å². The van der Waals surface area contributed by atoms with Crippen molar-refractivity contribution in [3.05, 3.63) is 158 Å². The van der Waals surface area contributed by atoms with Gasteiger partial charge in [0.05, 0.1) is 0 Å². The van der Waals surface area contributed by atoms with Gasteiger partial charge in [-0.25, -0.2) is 0 Å². The summed E-state index contributed by atoms with van der Waals surface area (Å²) in [6, 6.07) is 57.4. The smallest absolute Gasteiger partial charge is 0.00259 e. The van der Waals surface area contributed by atoms with E-state index in [-0.39, 0.29) is 0 Å². The van der Waals surface area contributed by atoms with Crippen LogP contribution >= 0.6 is 0 Å². The lowest BCUT2D eigenvalue weighted by Gasteiger charge is -2.11. The van der Waals surface area contributed by atoms with Gasteiger partial charge in [-0.2, -0.15) is 0 Å². The molecule has 0 atom stereocenters. The zero-order valence-corrected chi connectivity index (χ0v) is 22.0. The van der Waals surface area contributed by atoms with E-state index in [0.29, 0.717) is 0 Å². The normalized spacial score (nSPS) is 11.5. The van der Waals surface area contributed by atoms with E-state index >= 15 is 0 Å². The second-order valence-electron chi connectivity index (χ2n) is 10.6. The van der Waals surface area contributed by atoms with E-state index in [4.69, 9.17) is 0 Å². The Labute approximate surface area is 234 Å². The SMILES string of the molecule is c1ccc(-c2ccc(-c3ccc(-c4cccc(-c5cc6c7c(cccc7c5)-c5ccccc5-6)c4)cc3)cc2)cc1. The van der Waals surface area contributed by atoms with Crippen LogP contribution in [0, 0.1) is 0 Å². The molecule has 8 rings (SSSR count). The number of fused-ring (bicyclic) bond motifs is 3. The first kappa shape index (κ1) is 22.8. The van der Waals surface area contributed by atoms with Gasteiger partial charge in [0.25, 0.3) is 0 Å². The molecule has 0 heterocycles. The molecule has 0 saturated heterocycles. The van der Waals surface area contributed by atoms with Gasteiger partial charge in [0.2, 0.25) is 0 Å². The Bertz CT molecular complexity index is 2010. The summed E-state index contributed by atoms with van der Waals surface area (Å²) in [6.07, 6.45) is 0. The fraction of sp³-hybridized carbons (Fsp3) is 0. The van der Waals surface area contributed by atoms with Gasteiger partial charge < -0.3 is 0 Å². The monoisotopic (exact) mass is 506 g/mol. The van der Waals surface area contributed by atoms with E-state index in [1.165, 1.54) is 77.5 Å². The zero-order valence-electron chi connectivity index (χ0n) is 22.0. The molecule has 0 fully saturated rings. The van der Waals surface area contributed by atoms with Gasteiger partial charge in [0, 0.05) is 0 Å². The quantitative estimate of drug-likeness (QED) is 0.223. The van der Waals surface area contributed by atoms with Gasteiger partial charge in [-0.1, -0.05) is 140 Å². The molecule has 0 radical (unpaired) electrons. The predicted molar refractivity (Wildman–Crippen MR) is 170 cm³/mol. The molecule has 186 valence electrons. The third-order valence-corrected chi connectivity index (χ3v) is 8.22. The topological polar surface area (TPSA) is 0 Å². The van der Waals surface area contributed by atoms with Gasteiger partial charge >= 0.3 is 0 Å². The maximum absolute atomic E-state index is 2.37. The van der Waals surface area contributed by atoms with Crippen molar-refractivity contribution in [3.8, 4) is 66.8 Å².